The summed E-state index contributed by atoms with van der Waals surface area (Å²) in [5.41, 5.74) is -1.46. The number of halogens is 3. The van der Waals surface area contributed by atoms with Gasteiger partial charge in [-0.1, -0.05) is 18.2 Å². The smallest absolute Gasteiger partial charge is 0.337 e. The van der Waals surface area contributed by atoms with E-state index in [2.05, 4.69) is 0 Å². The van der Waals surface area contributed by atoms with Crippen molar-refractivity contribution in [3.05, 3.63) is 124 Å². The molecular weight excluding hydrogens is 635 g/mol. The number of methoxy groups -OCH3 is 1. The first kappa shape index (κ1) is 27.3. The molecular formula is C29H22F2IN3O5. The second-order valence-corrected chi connectivity index (χ2v) is 10.3. The highest BCUT2D eigenvalue weighted by Crippen LogP contribution is 2.29. The van der Waals surface area contributed by atoms with Crippen LogP contribution >= 0.6 is 22.6 Å². The molecule has 0 aliphatic heterocycles. The molecule has 5 rings (SSSR count). The van der Waals surface area contributed by atoms with Crippen LogP contribution in [0.3, 0.4) is 0 Å². The number of hydrogen-bond donors (Lipinski definition) is 0. The molecule has 0 amide bonds. The molecule has 0 radical (unpaired) electrons. The summed E-state index contributed by atoms with van der Waals surface area (Å²) in [5, 5.41) is -0.201. The Hall–Kier alpha value is -4.26. The highest BCUT2D eigenvalue weighted by molar-refractivity contribution is 14.1. The van der Waals surface area contributed by atoms with Gasteiger partial charge in [-0.3, -0.25) is 18.7 Å². The number of hydrogen-bond acceptors (Lipinski definition) is 5. The lowest BCUT2D eigenvalue weighted by Gasteiger charge is -2.19. The minimum Gasteiger partial charge on any atom is -0.497 e. The fourth-order valence-corrected chi connectivity index (χ4v) is 4.83. The summed E-state index contributed by atoms with van der Waals surface area (Å²) in [6.07, 6.45) is 0. The zero-order chi connectivity index (χ0) is 28.7. The lowest BCUT2D eigenvalue weighted by Crippen LogP contribution is -2.42. The van der Waals surface area contributed by atoms with E-state index in [1.807, 2.05) is 22.6 Å². The summed E-state index contributed by atoms with van der Waals surface area (Å²) in [5.74, 6) is -1.36. The predicted octanol–water partition coefficient (Wildman–Crippen LogP) is 4.89. The number of aromatic nitrogens is 3. The molecule has 0 aliphatic rings. The van der Waals surface area contributed by atoms with Crippen molar-refractivity contribution in [1.82, 2.24) is 13.7 Å². The summed E-state index contributed by atoms with van der Waals surface area (Å²) >= 11 is 1.93. The Morgan fingerprint density at radius 3 is 2.25 bits per heavy atom. The Morgan fingerprint density at radius 2 is 1.60 bits per heavy atom. The van der Waals surface area contributed by atoms with Crippen molar-refractivity contribution in [3.8, 4) is 22.9 Å². The van der Waals surface area contributed by atoms with Crippen LogP contribution in [0.1, 0.15) is 11.1 Å². The van der Waals surface area contributed by atoms with Crippen molar-refractivity contribution in [2.75, 3.05) is 7.11 Å². The Kier molecular flexibility index (Phi) is 7.32. The Labute approximate surface area is 239 Å². The van der Waals surface area contributed by atoms with E-state index in [1.165, 1.54) is 38.4 Å². The van der Waals surface area contributed by atoms with Crippen LogP contribution in [0.15, 0.2) is 81.1 Å². The molecule has 8 nitrogen and oxygen atoms in total. The van der Waals surface area contributed by atoms with E-state index >= 15 is 4.39 Å². The number of nitrogens with zero attached hydrogens (tertiary/aromatic N) is 3. The molecule has 0 aliphatic carbocycles. The molecule has 0 atom stereocenters. The van der Waals surface area contributed by atoms with Crippen LogP contribution in [0.4, 0.5) is 8.78 Å². The Bertz CT molecular complexity index is 1960. The zero-order valence-electron chi connectivity index (χ0n) is 21.6. The summed E-state index contributed by atoms with van der Waals surface area (Å²) in [6.45, 7) is 1.53. The summed E-state index contributed by atoms with van der Waals surface area (Å²) in [6, 6.07) is 16.2. The molecule has 0 unspecified atom stereocenters. The van der Waals surface area contributed by atoms with Gasteiger partial charge in [-0.15, -0.1) is 0 Å². The number of aryl methyl sites for hydroxylation is 2. The van der Waals surface area contributed by atoms with Gasteiger partial charge in [-0.25, -0.2) is 18.1 Å². The van der Waals surface area contributed by atoms with Crippen LogP contribution in [0.25, 0.3) is 16.7 Å². The normalized spacial score (nSPS) is 11.2. The molecule has 2 aromatic heterocycles. The lowest BCUT2D eigenvalue weighted by atomic mass is 10.2. The van der Waals surface area contributed by atoms with Crippen molar-refractivity contribution in [1.29, 1.82) is 0 Å². The van der Waals surface area contributed by atoms with E-state index in [4.69, 9.17) is 9.47 Å². The van der Waals surface area contributed by atoms with E-state index in [9.17, 15) is 18.8 Å². The maximum atomic E-state index is 15.3. The summed E-state index contributed by atoms with van der Waals surface area (Å²) in [7, 11) is 2.87. The molecule has 3 aromatic carbocycles. The van der Waals surface area contributed by atoms with Crippen LogP contribution in [0.5, 0.6) is 17.2 Å². The van der Waals surface area contributed by atoms with Gasteiger partial charge in [0, 0.05) is 16.7 Å². The second kappa shape index (κ2) is 10.7. The molecule has 204 valence electrons. The molecule has 0 bridgehead atoms. The first-order valence-corrected chi connectivity index (χ1v) is 13.1. The number of benzene rings is 3. The molecule has 40 heavy (non-hydrogen) atoms. The third-order valence-corrected chi connectivity index (χ3v) is 7.09. The highest BCUT2D eigenvalue weighted by atomic mass is 127. The van der Waals surface area contributed by atoms with Gasteiger partial charge in [0.05, 0.1) is 19.3 Å². The first-order valence-electron chi connectivity index (χ1n) is 12.0. The average Bonchev–Trinajstić information content (AvgIpc) is 2.92. The maximum absolute atomic E-state index is 15.3. The van der Waals surface area contributed by atoms with Gasteiger partial charge in [0.1, 0.15) is 28.3 Å². The molecule has 11 heteroatoms. The molecule has 0 saturated carbocycles. The Balaban J connectivity index is 1.87. The number of fused-ring (bicyclic) bond motifs is 1. The van der Waals surface area contributed by atoms with Crippen LogP contribution < -0.4 is 26.3 Å². The SMILES string of the molecule is COc1ccc(Cn2c(=O)c3c(Oc4ccc(C)cc4F)cc(=O)n(C)c3n(-c3ccc(I)cc3F)c2=O)cc1. The largest absolute Gasteiger partial charge is 0.497 e. The third-order valence-electron chi connectivity index (χ3n) is 6.42. The molecule has 0 saturated heterocycles. The fraction of sp³-hybridized carbons (Fsp3) is 0.138. The molecule has 5 aromatic rings. The van der Waals surface area contributed by atoms with Crippen LogP contribution in [-0.4, -0.2) is 20.8 Å². The molecule has 0 spiro atoms. The number of pyridine rings is 1. The van der Waals surface area contributed by atoms with E-state index in [0.717, 1.165) is 19.8 Å². The van der Waals surface area contributed by atoms with Gasteiger partial charge in [-0.2, -0.15) is 0 Å². The molecule has 0 N–H and O–H groups in total. The minimum absolute atomic E-state index is 0.174. The monoisotopic (exact) mass is 657 g/mol. The maximum Gasteiger partial charge on any atom is 0.337 e. The van der Waals surface area contributed by atoms with Crippen molar-refractivity contribution in [3.63, 3.8) is 0 Å². The van der Waals surface area contributed by atoms with E-state index < -0.39 is 28.4 Å². The second-order valence-electron chi connectivity index (χ2n) is 9.09. The van der Waals surface area contributed by atoms with Gasteiger partial charge in [0.25, 0.3) is 11.1 Å². The average molecular weight is 657 g/mol. The Morgan fingerprint density at radius 1 is 0.875 bits per heavy atom. The topological polar surface area (TPSA) is 84.5 Å². The van der Waals surface area contributed by atoms with Crippen LogP contribution in [0.2, 0.25) is 0 Å². The van der Waals surface area contributed by atoms with E-state index in [0.29, 0.717) is 20.4 Å². The van der Waals surface area contributed by atoms with Gasteiger partial charge in [0.2, 0.25) is 0 Å². The van der Waals surface area contributed by atoms with E-state index in [-0.39, 0.29) is 34.8 Å². The molecule has 0 fully saturated rings. The van der Waals surface area contributed by atoms with Crippen molar-refractivity contribution >= 4 is 33.6 Å². The van der Waals surface area contributed by atoms with Crippen molar-refractivity contribution in [2.24, 2.45) is 7.05 Å². The van der Waals surface area contributed by atoms with Gasteiger partial charge in [0.15, 0.2) is 11.6 Å². The predicted molar refractivity (Wildman–Crippen MR) is 155 cm³/mol. The van der Waals surface area contributed by atoms with Gasteiger partial charge >= 0.3 is 5.69 Å². The van der Waals surface area contributed by atoms with Crippen molar-refractivity contribution < 1.29 is 18.3 Å². The quantitative estimate of drug-likeness (QED) is 0.243. The standard InChI is InChI=1S/C29H22F2IN3O5/c1-16-4-11-23(21(31)12-16)40-24-14-25(36)33(2)27-26(24)28(37)34(15-17-5-8-19(39-3)9-6-17)29(38)35(27)22-10-7-18(32)13-20(22)30/h4-14H,15H2,1-3H3. The van der Waals surface area contributed by atoms with Crippen molar-refractivity contribution in [2.45, 2.75) is 13.5 Å². The van der Waals surface area contributed by atoms with Gasteiger partial charge < -0.3 is 9.47 Å². The zero-order valence-corrected chi connectivity index (χ0v) is 23.7. The van der Waals surface area contributed by atoms with Crippen LogP contribution in [-0.2, 0) is 13.6 Å². The van der Waals surface area contributed by atoms with Gasteiger partial charge in [-0.05, 0) is 83.1 Å². The van der Waals surface area contributed by atoms with E-state index in [1.54, 1.807) is 43.3 Å². The minimum atomic E-state index is -0.873. The van der Waals surface area contributed by atoms with Crippen LogP contribution in [0, 0.1) is 22.1 Å². The fourth-order valence-electron chi connectivity index (χ4n) is 4.38. The lowest BCUT2D eigenvalue weighted by molar-refractivity contribution is 0.414. The summed E-state index contributed by atoms with van der Waals surface area (Å²) in [4.78, 5) is 40.9. The first-order chi connectivity index (χ1) is 19.1. The molecule has 2 heterocycles. The number of rotatable bonds is 6. The third kappa shape index (κ3) is 4.92. The highest BCUT2D eigenvalue weighted by Gasteiger charge is 2.24. The number of ether oxygens (including phenoxy) is 2. The summed E-state index contributed by atoms with van der Waals surface area (Å²) < 4.78 is 44.5.